The van der Waals surface area contributed by atoms with E-state index >= 15 is 0 Å². The molecule has 0 aromatic heterocycles. The van der Waals surface area contributed by atoms with Gasteiger partial charge in [-0.2, -0.15) is 10.5 Å². The van der Waals surface area contributed by atoms with Crippen molar-refractivity contribution in [1.82, 2.24) is 0 Å². The van der Waals surface area contributed by atoms with E-state index in [0.29, 0.717) is 50.8 Å². The molecule has 76 heavy (non-hydrogen) atoms. The van der Waals surface area contributed by atoms with Crippen LogP contribution in [-0.2, 0) is 0 Å². The monoisotopic (exact) mass is 1010 g/mol. The predicted octanol–water partition coefficient (Wildman–Crippen LogP) is 15.8. The third-order valence-electron chi connectivity index (χ3n) is 12.3. The summed E-state index contributed by atoms with van der Waals surface area (Å²) in [6, 6.07) is 67.0. The van der Waals surface area contributed by atoms with Gasteiger partial charge in [0.05, 0.1) is 74.3 Å². The maximum Gasteiger partial charge on any atom is 0.119 e. The zero-order chi connectivity index (χ0) is 52.2. The van der Waals surface area contributed by atoms with Crippen LogP contribution in [0.15, 0.2) is 204 Å². The molecule has 10 heteroatoms. The molecule has 0 amide bonds. The lowest BCUT2D eigenvalue weighted by Gasteiger charge is -2.09. The molecule has 0 saturated heterocycles. The van der Waals surface area contributed by atoms with Gasteiger partial charge >= 0.3 is 0 Å². The lowest BCUT2D eigenvalue weighted by molar-refractivity contribution is 0.247. The van der Waals surface area contributed by atoms with E-state index in [2.05, 4.69) is 22.1 Å². The zero-order valence-corrected chi connectivity index (χ0v) is 42.8. The van der Waals surface area contributed by atoms with Crippen molar-refractivity contribution >= 4 is 23.8 Å². The summed E-state index contributed by atoms with van der Waals surface area (Å²) in [4.78, 5) is 9.26. The van der Waals surface area contributed by atoms with E-state index in [4.69, 9.17) is 38.9 Å². The number of nitrogens with zero attached hydrogens (tertiary/aromatic N) is 4. The van der Waals surface area contributed by atoms with Crippen LogP contribution in [0.25, 0.3) is 22.3 Å². The van der Waals surface area contributed by atoms with Gasteiger partial charge in [-0.05, 0) is 192 Å². The first-order chi connectivity index (χ1) is 37.5. The third-order valence-corrected chi connectivity index (χ3v) is 12.3. The SMILES string of the molecule is N#Cc1ccc(-c2ccc(OCCCOc3ccc(C=Nc4ccc(OCCCCCCCCOc5ccc(N=Cc6ccc(OCCCOc7ccc(-c8ccc(C#N)cc8)cc7)cc6)cc5)cc4)cc3)cc2)cc1. The Morgan fingerprint density at radius 1 is 0.276 bits per heavy atom. The summed E-state index contributed by atoms with van der Waals surface area (Å²) in [5.74, 6) is 4.95. The van der Waals surface area contributed by atoms with Gasteiger partial charge in [-0.15, -0.1) is 0 Å². The van der Waals surface area contributed by atoms with Crippen molar-refractivity contribution < 1.29 is 28.4 Å². The fourth-order valence-corrected chi connectivity index (χ4v) is 7.99. The molecule has 0 aliphatic rings. The Bertz CT molecular complexity index is 2890. The maximum absolute atomic E-state index is 9.01. The predicted molar refractivity (Wildman–Crippen MR) is 303 cm³/mol. The second kappa shape index (κ2) is 29.5. The number of hydrogen-bond acceptors (Lipinski definition) is 10. The average molecular weight is 1010 g/mol. The molecule has 8 aromatic carbocycles. The Morgan fingerprint density at radius 3 is 0.803 bits per heavy atom. The second-order valence-electron chi connectivity index (χ2n) is 18.0. The Labute approximate surface area is 447 Å². The van der Waals surface area contributed by atoms with E-state index in [1.165, 1.54) is 12.8 Å². The molecule has 0 heterocycles. The quantitative estimate of drug-likeness (QED) is 0.0335. The smallest absolute Gasteiger partial charge is 0.119 e. The molecule has 8 rings (SSSR count). The number of nitriles is 2. The minimum Gasteiger partial charge on any atom is -0.494 e. The lowest BCUT2D eigenvalue weighted by atomic mass is 10.0. The number of ether oxygens (including phenoxy) is 6. The molecule has 382 valence electrons. The first kappa shape index (κ1) is 53.2. The van der Waals surface area contributed by atoms with Gasteiger partial charge in [0.1, 0.15) is 34.5 Å². The summed E-state index contributed by atoms with van der Waals surface area (Å²) >= 11 is 0. The fourth-order valence-electron chi connectivity index (χ4n) is 7.99. The average Bonchev–Trinajstić information content (AvgIpc) is 3.48. The summed E-state index contributed by atoms with van der Waals surface area (Å²) in [6.45, 7) is 3.61. The number of unbranched alkanes of at least 4 members (excludes halogenated alkanes) is 5. The van der Waals surface area contributed by atoms with Gasteiger partial charge in [0.25, 0.3) is 0 Å². The van der Waals surface area contributed by atoms with Crippen LogP contribution in [-0.4, -0.2) is 52.1 Å². The van der Waals surface area contributed by atoms with Crippen LogP contribution >= 0.6 is 0 Å². The van der Waals surface area contributed by atoms with Gasteiger partial charge in [-0.3, -0.25) is 9.98 Å². The van der Waals surface area contributed by atoms with Crippen LogP contribution in [0.4, 0.5) is 11.4 Å². The van der Waals surface area contributed by atoms with Crippen LogP contribution < -0.4 is 28.4 Å². The Hall–Kier alpha value is -9.12. The Morgan fingerprint density at radius 2 is 0.513 bits per heavy atom. The first-order valence-corrected chi connectivity index (χ1v) is 26.0. The molecule has 10 nitrogen and oxygen atoms in total. The molecule has 0 saturated carbocycles. The van der Waals surface area contributed by atoms with Crippen LogP contribution in [0.5, 0.6) is 34.5 Å². The highest BCUT2D eigenvalue weighted by Crippen LogP contribution is 2.26. The summed E-state index contributed by atoms with van der Waals surface area (Å²) < 4.78 is 35.6. The largest absolute Gasteiger partial charge is 0.494 e. The summed E-state index contributed by atoms with van der Waals surface area (Å²) in [5, 5.41) is 18.0. The summed E-state index contributed by atoms with van der Waals surface area (Å²) in [6.07, 6.45) is 11.9. The minimum atomic E-state index is 0.553. The van der Waals surface area contributed by atoms with E-state index < -0.39 is 0 Å². The van der Waals surface area contributed by atoms with Gasteiger partial charge in [0.15, 0.2) is 0 Å². The molecule has 8 aromatic rings. The molecular formula is C66H62N4O6. The molecule has 0 aliphatic carbocycles. The van der Waals surface area contributed by atoms with Crippen LogP contribution in [0.2, 0.25) is 0 Å². The number of aliphatic imine (C=N–C) groups is 2. The zero-order valence-electron chi connectivity index (χ0n) is 42.8. The number of rotatable bonds is 29. The van der Waals surface area contributed by atoms with Gasteiger partial charge < -0.3 is 28.4 Å². The van der Waals surface area contributed by atoms with Gasteiger partial charge in [0.2, 0.25) is 0 Å². The van der Waals surface area contributed by atoms with Crippen molar-refractivity contribution in [3.8, 4) is 68.9 Å². The molecular weight excluding hydrogens is 945 g/mol. The molecule has 0 bridgehead atoms. The topological polar surface area (TPSA) is 128 Å². The highest BCUT2D eigenvalue weighted by atomic mass is 16.5. The van der Waals surface area contributed by atoms with E-state index in [9.17, 15) is 0 Å². The lowest BCUT2D eigenvalue weighted by Crippen LogP contribution is -2.05. The van der Waals surface area contributed by atoms with Crippen molar-refractivity contribution in [2.45, 2.75) is 51.4 Å². The molecule has 0 aliphatic heterocycles. The highest BCUT2D eigenvalue weighted by Gasteiger charge is 2.05. The molecule has 0 N–H and O–H groups in total. The molecule has 0 radical (unpaired) electrons. The normalized spacial score (nSPS) is 11.0. The fraction of sp³-hybridized carbons (Fsp3) is 0.212. The van der Waals surface area contributed by atoms with E-state index in [-0.39, 0.29) is 0 Å². The van der Waals surface area contributed by atoms with Gasteiger partial charge in [0, 0.05) is 25.3 Å². The molecule has 0 atom stereocenters. The van der Waals surface area contributed by atoms with Crippen molar-refractivity contribution in [1.29, 1.82) is 10.5 Å². The van der Waals surface area contributed by atoms with Crippen molar-refractivity contribution in [2.75, 3.05) is 39.6 Å². The van der Waals surface area contributed by atoms with Crippen LogP contribution in [0, 0.1) is 22.7 Å². The highest BCUT2D eigenvalue weighted by molar-refractivity contribution is 5.83. The Balaban J connectivity index is 0.605. The second-order valence-corrected chi connectivity index (χ2v) is 18.0. The minimum absolute atomic E-state index is 0.553. The molecule has 0 unspecified atom stereocenters. The number of hydrogen-bond donors (Lipinski definition) is 0. The van der Waals surface area contributed by atoms with Crippen molar-refractivity contribution in [2.24, 2.45) is 9.98 Å². The molecule has 0 fully saturated rings. The standard InChI is InChI=1S/C66H62N4O6/c67-47-51-9-17-55(18-10-51)57-21-33-63(34-22-57)75-45-7-43-73-61-29-13-53(14-30-61)49-69-59-25-37-65(38-26-59)71-41-5-3-1-2-4-6-42-72-66-39-27-60(28-40-66)70-50-54-15-31-62(32-16-54)74-44-8-46-76-64-35-23-58(24-36-64)56-19-11-52(48-68)12-20-56/h9-40,49-50H,1-8,41-46H2. The van der Waals surface area contributed by atoms with Crippen molar-refractivity contribution in [3.05, 3.63) is 216 Å². The summed E-state index contributed by atoms with van der Waals surface area (Å²) in [5.41, 5.74) is 9.30. The first-order valence-electron chi connectivity index (χ1n) is 26.0. The number of benzene rings is 8. The van der Waals surface area contributed by atoms with Gasteiger partial charge in [-0.25, -0.2) is 0 Å². The third kappa shape index (κ3) is 17.8. The van der Waals surface area contributed by atoms with E-state index in [0.717, 1.165) is 118 Å². The van der Waals surface area contributed by atoms with E-state index in [1.807, 2.05) is 207 Å². The molecule has 0 spiro atoms. The van der Waals surface area contributed by atoms with E-state index in [1.54, 1.807) is 0 Å². The van der Waals surface area contributed by atoms with Crippen LogP contribution in [0.1, 0.15) is 73.6 Å². The van der Waals surface area contributed by atoms with Crippen molar-refractivity contribution in [3.63, 3.8) is 0 Å². The Kier molecular flexibility index (Phi) is 20.7. The van der Waals surface area contributed by atoms with Gasteiger partial charge in [-0.1, -0.05) is 74.2 Å². The summed E-state index contributed by atoms with van der Waals surface area (Å²) in [7, 11) is 0. The maximum atomic E-state index is 9.01. The van der Waals surface area contributed by atoms with Crippen LogP contribution in [0.3, 0.4) is 0 Å².